The Morgan fingerprint density at radius 1 is 1.06 bits per heavy atom. The number of rotatable bonds is 14. The molecular weight excluding hydrogens is 658 g/mol. The lowest BCUT2D eigenvalue weighted by molar-refractivity contribution is -0.119. The van der Waals surface area contributed by atoms with Gasteiger partial charge < -0.3 is 30.2 Å². The average Bonchev–Trinajstić information content (AvgIpc) is 3.53. The Morgan fingerprint density at radius 3 is 2.64 bits per heavy atom. The molecular formula is C37H42ClN7O5. The lowest BCUT2D eigenvalue weighted by Crippen LogP contribution is -2.47. The highest BCUT2D eigenvalue weighted by Gasteiger charge is 2.28. The molecule has 50 heavy (non-hydrogen) atoms. The topological polar surface area (TPSA) is 140 Å². The number of pyridine rings is 3. The maximum atomic E-state index is 13.4. The first-order chi connectivity index (χ1) is 24.3. The van der Waals surface area contributed by atoms with Crippen molar-refractivity contribution in [1.29, 1.82) is 0 Å². The molecule has 1 aromatic carbocycles. The number of carbonyl (C=O) groups excluding carboxylic acids is 2. The third-order valence-electron chi connectivity index (χ3n) is 9.15. The van der Waals surface area contributed by atoms with Gasteiger partial charge in [0.25, 0.3) is 5.91 Å². The smallest absolute Gasteiger partial charge is 0.274 e. The first kappa shape index (κ1) is 35.2. The summed E-state index contributed by atoms with van der Waals surface area (Å²) in [5, 5.41) is 9.78. The highest BCUT2D eigenvalue weighted by atomic mass is 35.5. The van der Waals surface area contributed by atoms with Crippen molar-refractivity contribution in [3.8, 4) is 34.1 Å². The number of halogens is 1. The molecule has 0 aliphatic carbocycles. The molecule has 13 heteroatoms. The number of amides is 2. The normalized spacial score (nSPS) is 16.2. The number of hydrogen-bond donors (Lipinski definition) is 3. The van der Waals surface area contributed by atoms with Crippen molar-refractivity contribution in [2.75, 3.05) is 52.9 Å². The Balaban J connectivity index is 1.16. The lowest BCUT2D eigenvalue weighted by atomic mass is 10.0. The van der Waals surface area contributed by atoms with E-state index in [4.69, 9.17) is 30.8 Å². The predicted molar refractivity (Wildman–Crippen MR) is 191 cm³/mol. The monoisotopic (exact) mass is 699 g/mol. The SMILES string of the molecule is COCC1CN(Cc2cnc(C(=O)Nc3cccc(-c4nccc(-c5ccc(CNC[C@@H]6CCC(=O)N6)c(OC)n5)c4Cl)c3C)cc2OC)C1. The molecule has 3 N–H and O–H groups in total. The molecule has 6 rings (SSSR count). The van der Waals surface area contributed by atoms with Crippen LogP contribution in [0.3, 0.4) is 0 Å². The van der Waals surface area contributed by atoms with Crippen molar-refractivity contribution in [3.63, 3.8) is 0 Å². The van der Waals surface area contributed by atoms with E-state index < -0.39 is 0 Å². The van der Waals surface area contributed by atoms with E-state index in [0.717, 1.165) is 48.4 Å². The van der Waals surface area contributed by atoms with Crippen LogP contribution in [0, 0.1) is 12.8 Å². The van der Waals surface area contributed by atoms with Crippen LogP contribution < -0.4 is 25.4 Å². The van der Waals surface area contributed by atoms with Crippen LogP contribution in [-0.4, -0.2) is 85.3 Å². The maximum absolute atomic E-state index is 13.4. The molecule has 2 aliphatic heterocycles. The van der Waals surface area contributed by atoms with Crippen LogP contribution in [0.4, 0.5) is 5.69 Å². The number of hydrogen-bond acceptors (Lipinski definition) is 10. The molecule has 0 bridgehead atoms. The van der Waals surface area contributed by atoms with Gasteiger partial charge in [0.1, 0.15) is 11.4 Å². The summed E-state index contributed by atoms with van der Waals surface area (Å²) < 4.78 is 16.5. The van der Waals surface area contributed by atoms with Gasteiger partial charge in [0.05, 0.1) is 37.2 Å². The van der Waals surface area contributed by atoms with Crippen molar-refractivity contribution in [3.05, 3.63) is 82.3 Å². The molecule has 0 saturated carbocycles. The van der Waals surface area contributed by atoms with E-state index in [-0.39, 0.29) is 23.6 Å². The van der Waals surface area contributed by atoms with E-state index in [1.54, 1.807) is 39.8 Å². The molecule has 0 spiro atoms. The summed E-state index contributed by atoms with van der Waals surface area (Å²) in [7, 11) is 4.91. The zero-order valence-corrected chi connectivity index (χ0v) is 29.5. The number of benzene rings is 1. The largest absolute Gasteiger partial charge is 0.496 e. The van der Waals surface area contributed by atoms with E-state index in [1.165, 1.54) is 0 Å². The Kier molecular flexibility index (Phi) is 11.2. The minimum atomic E-state index is -0.356. The minimum Gasteiger partial charge on any atom is -0.496 e. The zero-order valence-electron chi connectivity index (χ0n) is 28.7. The summed E-state index contributed by atoms with van der Waals surface area (Å²) in [6.45, 7) is 6.47. The Morgan fingerprint density at radius 2 is 1.90 bits per heavy atom. The van der Waals surface area contributed by atoms with Crippen LogP contribution in [0.1, 0.15) is 40.0 Å². The van der Waals surface area contributed by atoms with Crippen molar-refractivity contribution >= 4 is 29.1 Å². The number of nitrogens with zero attached hydrogens (tertiary/aromatic N) is 4. The Bertz CT molecular complexity index is 1870. The van der Waals surface area contributed by atoms with Crippen LogP contribution in [0.25, 0.3) is 22.5 Å². The van der Waals surface area contributed by atoms with Gasteiger partial charge in [0, 0.05) is 105 Å². The molecule has 2 fully saturated rings. The van der Waals surface area contributed by atoms with Crippen LogP contribution in [0.15, 0.2) is 54.9 Å². The second-order valence-corrected chi connectivity index (χ2v) is 13.0. The third-order valence-corrected chi connectivity index (χ3v) is 9.53. The molecule has 4 aromatic rings. The molecule has 1 atom stereocenters. The number of carbonyl (C=O) groups is 2. The fourth-order valence-corrected chi connectivity index (χ4v) is 6.78. The maximum Gasteiger partial charge on any atom is 0.274 e. The Hall–Kier alpha value is -4.62. The summed E-state index contributed by atoms with van der Waals surface area (Å²) in [4.78, 5) is 41.0. The second-order valence-electron chi connectivity index (χ2n) is 12.6. The van der Waals surface area contributed by atoms with Crippen LogP contribution in [-0.2, 0) is 22.6 Å². The van der Waals surface area contributed by atoms with Gasteiger partial charge in [0.2, 0.25) is 11.8 Å². The molecule has 0 radical (unpaired) electrons. The van der Waals surface area contributed by atoms with Gasteiger partial charge in [0.15, 0.2) is 0 Å². The standard InChI is InChI=1S/C37H42ClN7O5/c1-22-27(6-5-7-29(22)43-36(47)31-14-32(49-3)25(16-41-31)20-45-18-23(19-45)21-48-2)35-34(38)28(12-13-40-35)30-10-8-24(37(44-30)50-4)15-39-17-26-9-11-33(46)42-26/h5-8,10,12-14,16,23,26,39H,9,11,15,17-21H2,1-4H3,(H,42,46)(H,43,47)/t26-/m0/s1. The van der Waals surface area contributed by atoms with Crippen molar-refractivity contribution in [2.45, 2.75) is 38.9 Å². The number of aromatic nitrogens is 3. The lowest BCUT2D eigenvalue weighted by Gasteiger charge is -2.39. The van der Waals surface area contributed by atoms with E-state index in [0.29, 0.717) is 71.3 Å². The highest BCUT2D eigenvalue weighted by molar-refractivity contribution is 6.35. The molecule has 3 aromatic heterocycles. The average molecular weight is 700 g/mol. The van der Waals surface area contributed by atoms with Crippen LogP contribution >= 0.6 is 11.6 Å². The van der Waals surface area contributed by atoms with E-state index >= 15 is 0 Å². The van der Waals surface area contributed by atoms with Crippen molar-refractivity contribution < 1.29 is 23.8 Å². The summed E-state index contributed by atoms with van der Waals surface area (Å²) in [5.41, 5.74) is 6.13. The summed E-state index contributed by atoms with van der Waals surface area (Å²) >= 11 is 7.02. The highest BCUT2D eigenvalue weighted by Crippen LogP contribution is 2.38. The minimum absolute atomic E-state index is 0.0926. The molecule has 5 heterocycles. The zero-order chi connectivity index (χ0) is 35.2. The van der Waals surface area contributed by atoms with Crippen molar-refractivity contribution in [2.24, 2.45) is 5.92 Å². The quantitative estimate of drug-likeness (QED) is 0.167. The summed E-state index contributed by atoms with van der Waals surface area (Å²) in [6, 6.07) is 13.1. The second kappa shape index (κ2) is 15.9. The van der Waals surface area contributed by atoms with Gasteiger partial charge in [-0.25, -0.2) is 4.98 Å². The van der Waals surface area contributed by atoms with E-state index in [9.17, 15) is 9.59 Å². The van der Waals surface area contributed by atoms with Gasteiger partial charge in [-0.05, 0) is 37.1 Å². The molecule has 0 unspecified atom stereocenters. The molecule has 262 valence electrons. The first-order valence-electron chi connectivity index (χ1n) is 16.6. The molecule has 2 amide bonds. The van der Waals surface area contributed by atoms with Gasteiger partial charge >= 0.3 is 0 Å². The van der Waals surface area contributed by atoms with E-state index in [2.05, 4.69) is 30.8 Å². The Labute approximate surface area is 296 Å². The van der Waals surface area contributed by atoms with Gasteiger partial charge in [-0.3, -0.25) is 24.5 Å². The molecule has 2 saturated heterocycles. The fourth-order valence-electron chi connectivity index (χ4n) is 6.47. The number of likely N-dealkylation sites (tertiary alicyclic amines) is 1. The number of anilines is 1. The predicted octanol–water partition coefficient (Wildman–Crippen LogP) is 4.88. The molecule has 12 nitrogen and oxygen atoms in total. The van der Waals surface area contributed by atoms with Gasteiger partial charge in [-0.2, -0.15) is 0 Å². The number of nitrogens with one attached hydrogen (secondary N) is 3. The van der Waals surface area contributed by atoms with E-state index in [1.807, 2.05) is 43.3 Å². The number of methoxy groups -OCH3 is 3. The van der Waals surface area contributed by atoms with Crippen LogP contribution in [0.5, 0.6) is 11.6 Å². The number of ether oxygens (including phenoxy) is 3. The summed E-state index contributed by atoms with van der Waals surface area (Å²) in [5.74, 6) is 1.37. The molecule has 2 aliphatic rings. The fraction of sp³-hybridized carbons (Fsp3) is 0.378. The third kappa shape index (κ3) is 7.89. The summed E-state index contributed by atoms with van der Waals surface area (Å²) in [6.07, 6.45) is 4.79. The first-order valence-corrected chi connectivity index (χ1v) is 17.0. The van der Waals surface area contributed by atoms with Crippen LogP contribution in [0.2, 0.25) is 5.02 Å². The van der Waals surface area contributed by atoms with Gasteiger partial charge in [-0.1, -0.05) is 29.8 Å². The van der Waals surface area contributed by atoms with Gasteiger partial charge in [-0.15, -0.1) is 0 Å². The van der Waals surface area contributed by atoms with Crippen molar-refractivity contribution in [1.82, 2.24) is 30.5 Å².